The fraction of sp³-hybridized carbons (Fsp3) is 0.556. The molecule has 136 valence electrons. The van der Waals surface area contributed by atoms with Crippen LogP contribution < -0.4 is 15.0 Å². The number of likely N-dealkylation sites (N-methyl/N-ethyl adjacent to an activating group) is 2. The summed E-state index contributed by atoms with van der Waals surface area (Å²) in [4.78, 5) is 30.4. The zero-order valence-electron chi connectivity index (χ0n) is 15.1. The molecule has 3 rings (SSSR count). The van der Waals surface area contributed by atoms with Crippen molar-refractivity contribution >= 4 is 23.2 Å². The monoisotopic (exact) mass is 346 g/mol. The van der Waals surface area contributed by atoms with Crippen molar-refractivity contribution in [2.45, 2.75) is 19.4 Å². The van der Waals surface area contributed by atoms with Crippen molar-refractivity contribution in [3.05, 3.63) is 18.2 Å². The molecule has 0 radical (unpaired) electrons. The summed E-state index contributed by atoms with van der Waals surface area (Å²) in [7, 11) is 3.83. The Hall–Kier alpha value is -2.12. The number of fused-ring (bicyclic) bond motifs is 1. The molecule has 1 saturated heterocycles. The van der Waals surface area contributed by atoms with Crippen LogP contribution in [0.25, 0.3) is 0 Å². The molecule has 2 amide bonds. The van der Waals surface area contributed by atoms with Gasteiger partial charge in [0.1, 0.15) is 5.75 Å². The van der Waals surface area contributed by atoms with E-state index in [0.717, 1.165) is 32.6 Å². The summed E-state index contributed by atoms with van der Waals surface area (Å²) in [6.45, 7) is 6.00. The van der Waals surface area contributed by atoms with Gasteiger partial charge in [-0.1, -0.05) is 0 Å². The molecule has 1 aromatic carbocycles. The first-order valence-corrected chi connectivity index (χ1v) is 8.73. The van der Waals surface area contributed by atoms with Crippen LogP contribution in [0.5, 0.6) is 5.75 Å². The molecule has 2 aliphatic rings. The van der Waals surface area contributed by atoms with Crippen LogP contribution in [0.4, 0.5) is 11.4 Å². The molecule has 0 aromatic heterocycles. The van der Waals surface area contributed by atoms with E-state index in [4.69, 9.17) is 4.74 Å². The van der Waals surface area contributed by atoms with Gasteiger partial charge in [-0.2, -0.15) is 0 Å². The number of nitrogens with zero attached hydrogens (tertiary/aromatic N) is 3. The normalized spacial score (nSPS) is 22.1. The van der Waals surface area contributed by atoms with Crippen LogP contribution in [0.2, 0.25) is 0 Å². The van der Waals surface area contributed by atoms with E-state index >= 15 is 0 Å². The second-order valence-electron chi connectivity index (χ2n) is 6.82. The van der Waals surface area contributed by atoms with E-state index in [1.807, 2.05) is 6.07 Å². The lowest BCUT2D eigenvalue weighted by Gasteiger charge is -2.30. The fourth-order valence-corrected chi connectivity index (χ4v) is 3.25. The van der Waals surface area contributed by atoms with Gasteiger partial charge in [0.15, 0.2) is 6.10 Å². The van der Waals surface area contributed by atoms with Crippen molar-refractivity contribution in [2.75, 3.05) is 57.0 Å². The Labute approximate surface area is 148 Å². The summed E-state index contributed by atoms with van der Waals surface area (Å²) in [5, 5.41) is 2.93. The van der Waals surface area contributed by atoms with Gasteiger partial charge in [-0.15, -0.1) is 0 Å². The maximum atomic E-state index is 12.4. The molecule has 1 atom stereocenters. The molecule has 2 heterocycles. The Balaban J connectivity index is 1.63. The molecule has 2 aliphatic heterocycles. The number of rotatable bonds is 3. The molecular formula is C18H26N4O3. The van der Waals surface area contributed by atoms with E-state index < -0.39 is 6.10 Å². The third kappa shape index (κ3) is 4.11. The van der Waals surface area contributed by atoms with E-state index in [0.29, 0.717) is 23.7 Å². The van der Waals surface area contributed by atoms with E-state index in [9.17, 15) is 9.59 Å². The number of benzene rings is 1. The minimum atomic E-state index is -0.487. The van der Waals surface area contributed by atoms with Gasteiger partial charge in [-0.25, -0.2) is 0 Å². The van der Waals surface area contributed by atoms with Crippen LogP contribution in [-0.4, -0.2) is 74.5 Å². The summed E-state index contributed by atoms with van der Waals surface area (Å²) in [5.74, 6) is 0.524. The number of nitrogens with one attached hydrogen (secondary N) is 1. The van der Waals surface area contributed by atoms with Gasteiger partial charge < -0.3 is 19.9 Å². The summed E-state index contributed by atoms with van der Waals surface area (Å²) >= 11 is 0. The Kier molecular flexibility index (Phi) is 5.24. The Morgan fingerprint density at radius 1 is 1.24 bits per heavy atom. The van der Waals surface area contributed by atoms with Gasteiger partial charge in [-0.3, -0.25) is 14.5 Å². The third-order valence-electron chi connectivity index (χ3n) is 4.77. The van der Waals surface area contributed by atoms with Gasteiger partial charge in [0.2, 0.25) is 5.91 Å². The zero-order chi connectivity index (χ0) is 18.0. The summed E-state index contributed by atoms with van der Waals surface area (Å²) in [6, 6.07) is 5.39. The number of ether oxygens (including phenoxy) is 1. The molecule has 7 heteroatoms. The topological polar surface area (TPSA) is 65.1 Å². The van der Waals surface area contributed by atoms with Crippen molar-refractivity contribution in [3.63, 3.8) is 0 Å². The van der Waals surface area contributed by atoms with Crippen molar-refractivity contribution in [2.24, 2.45) is 0 Å². The van der Waals surface area contributed by atoms with Crippen molar-refractivity contribution in [1.82, 2.24) is 9.80 Å². The molecule has 1 unspecified atom stereocenters. The zero-order valence-corrected chi connectivity index (χ0v) is 15.1. The van der Waals surface area contributed by atoms with Gasteiger partial charge in [0.05, 0.1) is 12.2 Å². The molecule has 0 bridgehead atoms. The second kappa shape index (κ2) is 7.41. The van der Waals surface area contributed by atoms with Gasteiger partial charge in [0.25, 0.3) is 5.91 Å². The standard InChI is InChI=1S/C18H26N4O3/c1-13-18(24)21(3)15-11-14(5-6-16(15)25-13)19-17(23)12-22-8-4-7-20(2)9-10-22/h5-6,11,13H,4,7-10,12H2,1-3H3,(H,19,23). The van der Waals surface area contributed by atoms with Crippen molar-refractivity contribution < 1.29 is 14.3 Å². The fourth-order valence-electron chi connectivity index (χ4n) is 3.25. The highest BCUT2D eigenvalue weighted by Crippen LogP contribution is 2.35. The number of amides is 2. The predicted molar refractivity (Wildman–Crippen MR) is 97.1 cm³/mol. The smallest absolute Gasteiger partial charge is 0.267 e. The molecule has 0 saturated carbocycles. The van der Waals surface area contributed by atoms with E-state index in [1.54, 1.807) is 31.0 Å². The minimum Gasteiger partial charge on any atom is -0.479 e. The Bertz CT molecular complexity index is 664. The lowest BCUT2D eigenvalue weighted by molar-refractivity contribution is -0.125. The summed E-state index contributed by atoms with van der Waals surface area (Å²) in [6.07, 6.45) is 0.588. The first-order chi connectivity index (χ1) is 11.9. The lowest BCUT2D eigenvalue weighted by Crippen LogP contribution is -2.42. The molecule has 0 spiro atoms. The van der Waals surface area contributed by atoms with Crippen LogP contribution in [0.15, 0.2) is 18.2 Å². The van der Waals surface area contributed by atoms with Gasteiger partial charge in [-0.05, 0) is 51.7 Å². The number of hydrogen-bond donors (Lipinski definition) is 1. The SMILES string of the molecule is CC1Oc2ccc(NC(=O)CN3CCCN(C)CC3)cc2N(C)C1=O. The highest BCUT2D eigenvalue weighted by atomic mass is 16.5. The highest BCUT2D eigenvalue weighted by molar-refractivity contribution is 6.00. The molecule has 0 aliphatic carbocycles. The summed E-state index contributed by atoms with van der Waals surface area (Å²) < 4.78 is 5.60. The Morgan fingerprint density at radius 3 is 2.84 bits per heavy atom. The maximum Gasteiger partial charge on any atom is 0.267 e. The molecule has 1 N–H and O–H groups in total. The lowest BCUT2D eigenvalue weighted by atomic mass is 10.2. The molecule has 25 heavy (non-hydrogen) atoms. The van der Waals surface area contributed by atoms with Crippen LogP contribution >= 0.6 is 0 Å². The van der Waals surface area contributed by atoms with E-state index in [2.05, 4.69) is 22.2 Å². The second-order valence-corrected chi connectivity index (χ2v) is 6.82. The predicted octanol–water partition coefficient (Wildman–Crippen LogP) is 1.01. The molecular weight excluding hydrogens is 320 g/mol. The molecule has 1 aromatic rings. The van der Waals surface area contributed by atoms with Crippen LogP contribution in [-0.2, 0) is 9.59 Å². The highest BCUT2D eigenvalue weighted by Gasteiger charge is 2.29. The van der Waals surface area contributed by atoms with Crippen molar-refractivity contribution in [1.29, 1.82) is 0 Å². The van der Waals surface area contributed by atoms with E-state index in [1.165, 1.54) is 0 Å². The quantitative estimate of drug-likeness (QED) is 0.885. The number of carbonyl (C=O) groups is 2. The first kappa shape index (κ1) is 17.7. The molecule has 7 nitrogen and oxygen atoms in total. The largest absolute Gasteiger partial charge is 0.479 e. The molecule has 1 fully saturated rings. The van der Waals surface area contributed by atoms with Crippen molar-refractivity contribution in [3.8, 4) is 5.75 Å². The third-order valence-corrected chi connectivity index (χ3v) is 4.77. The number of anilines is 2. The average Bonchev–Trinajstić information content (AvgIpc) is 2.78. The van der Waals surface area contributed by atoms with Gasteiger partial charge in [0, 0.05) is 25.8 Å². The number of hydrogen-bond acceptors (Lipinski definition) is 5. The van der Waals surface area contributed by atoms with Gasteiger partial charge >= 0.3 is 0 Å². The first-order valence-electron chi connectivity index (χ1n) is 8.73. The number of carbonyl (C=O) groups excluding carboxylic acids is 2. The average molecular weight is 346 g/mol. The maximum absolute atomic E-state index is 12.4. The summed E-state index contributed by atoms with van der Waals surface area (Å²) in [5.41, 5.74) is 1.35. The van der Waals surface area contributed by atoms with Crippen LogP contribution in [0.1, 0.15) is 13.3 Å². The minimum absolute atomic E-state index is 0.0384. The van der Waals surface area contributed by atoms with Crippen LogP contribution in [0, 0.1) is 0 Å². The Morgan fingerprint density at radius 2 is 2.04 bits per heavy atom. The van der Waals surface area contributed by atoms with E-state index in [-0.39, 0.29) is 11.8 Å². The van der Waals surface area contributed by atoms with Crippen LogP contribution in [0.3, 0.4) is 0 Å².